The van der Waals surface area contributed by atoms with Crippen LogP contribution in [-0.2, 0) is 16.9 Å². The van der Waals surface area contributed by atoms with E-state index >= 15 is 0 Å². The van der Waals surface area contributed by atoms with Gasteiger partial charge in [-0.3, -0.25) is 0 Å². The number of nitrogens with two attached hydrogens (primary N) is 1. The van der Waals surface area contributed by atoms with Crippen LogP contribution in [0.25, 0.3) is 0 Å². The molecule has 0 aromatic heterocycles. The van der Waals surface area contributed by atoms with Gasteiger partial charge in [-0.05, 0) is 12.8 Å². The molecule has 16 heavy (non-hydrogen) atoms. The molecule has 0 unspecified atom stereocenters. The van der Waals surface area contributed by atoms with Gasteiger partial charge in [-0.2, -0.15) is 0 Å². The number of methoxy groups -OCH3 is 2. The topological polar surface area (TPSA) is 44.5 Å². The van der Waals surface area contributed by atoms with Gasteiger partial charge in [0.25, 0.3) is 0 Å². The molecular weight excluding hydrogens is 209 g/mol. The van der Waals surface area contributed by atoms with Crippen LogP contribution in [0, 0.1) is 5.82 Å². The molecular formula is C12H16FNO2. The molecule has 0 heterocycles. The van der Waals surface area contributed by atoms with E-state index < -0.39 is 5.54 Å². The zero-order chi connectivity index (χ0) is 11.8. The smallest absolute Gasteiger partial charge is 0.170 e. The summed E-state index contributed by atoms with van der Waals surface area (Å²) in [7, 11) is 3.00. The second kappa shape index (κ2) is 4.03. The molecule has 0 amide bonds. The molecule has 0 bridgehead atoms. The van der Waals surface area contributed by atoms with Gasteiger partial charge in [0, 0.05) is 23.8 Å². The van der Waals surface area contributed by atoms with Crippen LogP contribution in [0.5, 0.6) is 5.75 Å². The van der Waals surface area contributed by atoms with Crippen molar-refractivity contribution in [2.75, 3.05) is 14.2 Å². The molecule has 0 saturated heterocycles. The van der Waals surface area contributed by atoms with Crippen molar-refractivity contribution in [1.29, 1.82) is 0 Å². The number of halogens is 1. The fourth-order valence-electron chi connectivity index (χ4n) is 1.86. The molecule has 1 aliphatic carbocycles. The van der Waals surface area contributed by atoms with Gasteiger partial charge in [0.05, 0.1) is 13.7 Å². The minimum absolute atomic E-state index is 0.236. The monoisotopic (exact) mass is 225 g/mol. The first kappa shape index (κ1) is 11.4. The average molecular weight is 225 g/mol. The Morgan fingerprint density at radius 2 is 2.06 bits per heavy atom. The standard InChI is InChI=1S/C12H16FNO2/c1-15-7-8-3-4-9(12(14)5-6-12)11(16-2)10(8)13/h3-4H,5-7,14H2,1-2H3. The molecule has 1 saturated carbocycles. The Bertz CT molecular complexity index is 402. The molecule has 1 aromatic carbocycles. The fourth-order valence-corrected chi connectivity index (χ4v) is 1.86. The van der Waals surface area contributed by atoms with Crippen molar-refractivity contribution in [2.24, 2.45) is 5.73 Å². The van der Waals surface area contributed by atoms with Gasteiger partial charge in [0.2, 0.25) is 0 Å². The Morgan fingerprint density at radius 1 is 1.38 bits per heavy atom. The third-order valence-electron chi connectivity index (χ3n) is 3.01. The third-order valence-corrected chi connectivity index (χ3v) is 3.01. The highest BCUT2D eigenvalue weighted by Crippen LogP contribution is 2.47. The minimum atomic E-state index is -0.391. The SMILES string of the molecule is COCc1ccc(C2(N)CC2)c(OC)c1F. The highest BCUT2D eigenvalue weighted by molar-refractivity contribution is 5.46. The summed E-state index contributed by atoms with van der Waals surface area (Å²) in [6.07, 6.45) is 1.76. The molecule has 88 valence electrons. The van der Waals surface area contributed by atoms with E-state index in [1.807, 2.05) is 6.07 Å². The normalized spacial score (nSPS) is 17.2. The summed E-state index contributed by atoms with van der Waals surface area (Å²) in [5, 5.41) is 0. The van der Waals surface area contributed by atoms with Gasteiger partial charge in [-0.25, -0.2) is 4.39 Å². The van der Waals surface area contributed by atoms with Crippen LogP contribution in [0.4, 0.5) is 4.39 Å². The van der Waals surface area contributed by atoms with E-state index in [0.29, 0.717) is 5.56 Å². The van der Waals surface area contributed by atoms with E-state index in [1.165, 1.54) is 14.2 Å². The summed E-state index contributed by atoms with van der Waals surface area (Å²) in [5.41, 5.74) is 6.92. The summed E-state index contributed by atoms with van der Waals surface area (Å²) in [6.45, 7) is 0.236. The van der Waals surface area contributed by atoms with Crippen LogP contribution < -0.4 is 10.5 Å². The van der Waals surface area contributed by atoms with Crippen molar-refractivity contribution in [1.82, 2.24) is 0 Å². The lowest BCUT2D eigenvalue weighted by Crippen LogP contribution is -2.20. The van der Waals surface area contributed by atoms with Crippen molar-refractivity contribution in [3.63, 3.8) is 0 Å². The Morgan fingerprint density at radius 3 is 2.56 bits per heavy atom. The summed E-state index contributed by atoms with van der Waals surface area (Å²) in [5.74, 6) is -0.104. The molecule has 1 aromatic rings. The quantitative estimate of drug-likeness (QED) is 0.851. The number of hydrogen-bond acceptors (Lipinski definition) is 3. The molecule has 0 radical (unpaired) electrons. The molecule has 0 atom stereocenters. The maximum atomic E-state index is 14.0. The van der Waals surface area contributed by atoms with Crippen LogP contribution in [0.3, 0.4) is 0 Å². The Labute approximate surface area is 94.3 Å². The molecule has 0 aliphatic heterocycles. The summed E-state index contributed by atoms with van der Waals surface area (Å²) in [4.78, 5) is 0. The van der Waals surface area contributed by atoms with Crippen LogP contribution in [0.1, 0.15) is 24.0 Å². The van der Waals surface area contributed by atoms with Gasteiger partial charge >= 0.3 is 0 Å². The Kier molecular flexibility index (Phi) is 2.86. The summed E-state index contributed by atoms with van der Waals surface area (Å²) in [6, 6.07) is 3.55. The molecule has 0 spiro atoms. The largest absolute Gasteiger partial charge is 0.493 e. The lowest BCUT2D eigenvalue weighted by molar-refractivity contribution is 0.180. The van der Waals surface area contributed by atoms with Gasteiger partial charge in [0.1, 0.15) is 0 Å². The molecule has 3 nitrogen and oxygen atoms in total. The molecule has 1 fully saturated rings. The van der Waals surface area contributed by atoms with Crippen LogP contribution in [-0.4, -0.2) is 14.2 Å². The number of rotatable bonds is 4. The lowest BCUT2D eigenvalue weighted by atomic mass is 10.0. The fraction of sp³-hybridized carbons (Fsp3) is 0.500. The van der Waals surface area contributed by atoms with E-state index in [9.17, 15) is 4.39 Å². The highest BCUT2D eigenvalue weighted by Gasteiger charge is 2.43. The first-order valence-electron chi connectivity index (χ1n) is 5.26. The van der Waals surface area contributed by atoms with E-state index in [0.717, 1.165) is 18.4 Å². The van der Waals surface area contributed by atoms with E-state index in [2.05, 4.69) is 0 Å². The molecule has 2 N–H and O–H groups in total. The Hall–Kier alpha value is -1.13. The second-order valence-corrected chi connectivity index (χ2v) is 4.21. The predicted molar refractivity (Wildman–Crippen MR) is 58.8 cm³/mol. The van der Waals surface area contributed by atoms with Crippen molar-refractivity contribution in [2.45, 2.75) is 25.0 Å². The second-order valence-electron chi connectivity index (χ2n) is 4.21. The van der Waals surface area contributed by atoms with Crippen LogP contribution in [0.15, 0.2) is 12.1 Å². The van der Waals surface area contributed by atoms with Crippen LogP contribution in [0.2, 0.25) is 0 Å². The number of ether oxygens (including phenoxy) is 2. The molecule has 1 aliphatic rings. The number of hydrogen-bond donors (Lipinski definition) is 1. The van der Waals surface area contributed by atoms with Crippen LogP contribution >= 0.6 is 0 Å². The van der Waals surface area contributed by atoms with Crippen molar-refractivity contribution in [3.8, 4) is 5.75 Å². The molecule has 4 heteroatoms. The third kappa shape index (κ3) is 1.79. The summed E-state index contributed by atoms with van der Waals surface area (Å²) >= 11 is 0. The maximum absolute atomic E-state index is 14.0. The maximum Gasteiger partial charge on any atom is 0.170 e. The first-order valence-corrected chi connectivity index (χ1v) is 5.26. The zero-order valence-electron chi connectivity index (χ0n) is 9.55. The Balaban J connectivity index is 2.44. The van der Waals surface area contributed by atoms with Gasteiger partial charge < -0.3 is 15.2 Å². The van der Waals surface area contributed by atoms with E-state index in [4.69, 9.17) is 15.2 Å². The van der Waals surface area contributed by atoms with Crippen molar-refractivity contribution >= 4 is 0 Å². The number of benzene rings is 1. The van der Waals surface area contributed by atoms with Crippen molar-refractivity contribution in [3.05, 3.63) is 29.1 Å². The summed E-state index contributed by atoms with van der Waals surface area (Å²) < 4.78 is 24.1. The van der Waals surface area contributed by atoms with E-state index in [1.54, 1.807) is 6.07 Å². The van der Waals surface area contributed by atoms with E-state index in [-0.39, 0.29) is 18.2 Å². The predicted octanol–water partition coefficient (Wildman–Crippen LogP) is 1.93. The van der Waals surface area contributed by atoms with Crippen molar-refractivity contribution < 1.29 is 13.9 Å². The average Bonchev–Trinajstić information content (AvgIpc) is 3.00. The van der Waals surface area contributed by atoms with Gasteiger partial charge in [-0.15, -0.1) is 0 Å². The zero-order valence-corrected chi connectivity index (χ0v) is 9.55. The van der Waals surface area contributed by atoms with Gasteiger partial charge in [-0.1, -0.05) is 12.1 Å². The first-order chi connectivity index (χ1) is 7.62. The minimum Gasteiger partial charge on any atom is -0.493 e. The lowest BCUT2D eigenvalue weighted by Gasteiger charge is -2.16. The van der Waals surface area contributed by atoms with Gasteiger partial charge in [0.15, 0.2) is 11.6 Å². The molecule has 2 rings (SSSR count). The highest BCUT2D eigenvalue weighted by atomic mass is 19.1.